The zero-order chi connectivity index (χ0) is 19.9. The fourth-order valence-corrected chi connectivity index (χ4v) is 3.70. The lowest BCUT2D eigenvalue weighted by Crippen LogP contribution is -2.37. The van der Waals surface area contributed by atoms with Crippen molar-refractivity contribution < 1.29 is 9.53 Å². The molecule has 4 nitrogen and oxygen atoms in total. The molecule has 2 aromatic carbocycles. The van der Waals surface area contributed by atoms with Crippen molar-refractivity contribution in [2.24, 2.45) is 0 Å². The minimum atomic E-state index is 0.164. The largest absolute Gasteiger partial charge is 0.378 e. The second-order valence-corrected chi connectivity index (χ2v) is 7.99. The lowest BCUT2D eigenvalue weighted by molar-refractivity contribution is -0.133. The molecule has 1 amide bonds. The van der Waals surface area contributed by atoms with E-state index in [2.05, 4.69) is 48.2 Å². The van der Waals surface area contributed by atoms with Gasteiger partial charge in [0.05, 0.1) is 6.10 Å². The van der Waals surface area contributed by atoms with Gasteiger partial charge in [0.2, 0.25) is 5.91 Å². The van der Waals surface area contributed by atoms with Crippen LogP contribution >= 0.6 is 0 Å². The number of amides is 1. The summed E-state index contributed by atoms with van der Waals surface area (Å²) in [5.41, 5.74) is 3.53. The van der Waals surface area contributed by atoms with E-state index in [4.69, 9.17) is 4.74 Å². The molecule has 4 heteroatoms. The van der Waals surface area contributed by atoms with Crippen LogP contribution in [-0.2, 0) is 16.1 Å². The van der Waals surface area contributed by atoms with Gasteiger partial charge in [-0.3, -0.25) is 4.79 Å². The van der Waals surface area contributed by atoms with Gasteiger partial charge in [-0.2, -0.15) is 0 Å². The van der Waals surface area contributed by atoms with Crippen LogP contribution in [0.2, 0.25) is 0 Å². The van der Waals surface area contributed by atoms with Crippen LogP contribution in [0.3, 0.4) is 0 Å². The topological polar surface area (TPSA) is 32.8 Å². The Kier molecular flexibility index (Phi) is 7.10. The molecule has 1 fully saturated rings. The fourth-order valence-electron chi connectivity index (χ4n) is 3.70. The van der Waals surface area contributed by atoms with Crippen LogP contribution in [0.15, 0.2) is 54.6 Å². The summed E-state index contributed by atoms with van der Waals surface area (Å²) in [7, 11) is 4.07. The third kappa shape index (κ3) is 5.59. The van der Waals surface area contributed by atoms with E-state index < -0.39 is 0 Å². The second-order valence-electron chi connectivity index (χ2n) is 7.99. The van der Waals surface area contributed by atoms with E-state index in [0.29, 0.717) is 19.5 Å². The molecule has 0 radical (unpaired) electrons. The Morgan fingerprint density at radius 2 is 1.82 bits per heavy atom. The van der Waals surface area contributed by atoms with Crippen LogP contribution in [0.25, 0.3) is 0 Å². The van der Waals surface area contributed by atoms with Crippen molar-refractivity contribution >= 4 is 11.6 Å². The Bertz CT molecular complexity index is 737. The van der Waals surface area contributed by atoms with Crippen molar-refractivity contribution in [3.8, 4) is 0 Å². The maximum absolute atomic E-state index is 13.2. The molecular weight excluding hydrogens is 348 g/mol. The molecule has 0 aliphatic carbocycles. The van der Waals surface area contributed by atoms with E-state index >= 15 is 0 Å². The quantitative estimate of drug-likeness (QED) is 0.678. The monoisotopic (exact) mass is 380 g/mol. The summed E-state index contributed by atoms with van der Waals surface area (Å²) < 4.78 is 5.81. The number of carbonyl (C=O) groups is 1. The second kappa shape index (κ2) is 9.74. The van der Waals surface area contributed by atoms with Gasteiger partial charge in [0, 0.05) is 45.9 Å². The number of nitrogens with zero attached hydrogens (tertiary/aromatic N) is 2. The van der Waals surface area contributed by atoms with E-state index in [-0.39, 0.29) is 17.9 Å². The lowest BCUT2D eigenvalue weighted by atomic mass is 9.97. The lowest BCUT2D eigenvalue weighted by Gasteiger charge is -2.27. The molecule has 0 saturated carbocycles. The van der Waals surface area contributed by atoms with Gasteiger partial charge in [0.15, 0.2) is 0 Å². The molecule has 0 bridgehead atoms. The molecule has 28 heavy (non-hydrogen) atoms. The van der Waals surface area contributed by atoms with Crippen LogP contribution in [-0.4, -0.2) is 44.2 Å². The summed E-state index contributed by atoms with van der Waals surface area (Å²) in [4.78, 5) is 17.2. The molecule has 0 N–H and O–H groups in total. The average Bonchev–Trinajstić information content (AvgIpc) is 3.21. The highest BCUT2D eigenvalue weighted by atomic mass is 16.5. The van der Waals surface area contributed by atoms with Gasteiger partial charge < -0.3 is 14.5 Å². The Labute approximate surface area is 169 Å². The minimum Gasteiger partial charge on any atom is -0.378 e. The van der Waals surface area contributed by atoms with Crippen LogP contribution in [0, 0.1) is 0 Å². The van der Waals surface area contributed by atoms with Gasteiger partial charge >= 0.3 is 0 Å². The zero-order valence-corrected chi connectivity index (χ0v) is 17.3. The smallest absolute Gasteiger partial charge is 0.223 e. The van der Waals surface area contributed by atoms with Gasteiger partial charge in [-0.1, -0.05) is 49.4 Å². The summed E-state index contributed by atoms with van der Waals surface area (Å²) >= 11 is 0. The van der Waals surface area contributed by atoms with Gasteiger partial charge in [0.1, 0.15) is 0 Å². The molecule has 2 atom stereocenters. The highest BCUT2D eigenvalue weighted by molar-refractivity contribution is 5.77. The summed E-state index contributed by atoms with van der Waals surface area (Å²) in [6.07, 6.45) is 2.81. The molecule has 0 aromatic heterocycles. The molecule has 1 heterocycles. The van der Waals surface area contributed by atoms with Crippen LogP contribution in [0.1, 0.15) is 43.2 Å². The molecule has 3 rings (SSSR count). The Balaban J connectivity index is 1.69. The maximum atomic E-state index is 13.2. The first-order valence-corrected chi connectivity index (χ1v) is 10.2. The van der Waals surface area contributed by atoms with Crippen molar-refractivity contribution in [3.63, 3.8) is 0 Å². The van der Waals surface area contributed by atoms with Crippen LogP contribution in [0.5, 0.6) is 0 Å². The molecule has 1 saturated heterocycles. The van der Waals surface area contributed by atoms with Crippen molar-refractivity contribution in [3.05, 3.63) is 65.7 Å². The zero-order valence-electron chi connectivity index (χ0n) is 17.3. The van der Waals surface area contributed by atoms with Crippen LogP contribution in [0.4, 0.5) is 5.69 Å². The van der Waals surface area contributed by atoms with E-state index in [9.17, 15) is 4.79 Å². The van der Waals surface area contributed by atoms with Crippen LogP contribution < -0.4 is 4.90 Å². The normalized spacial score (nSPS) is 17.3. The van der Waals surface area contributed by atoms with E-state index in [1.54, 1.807) is 0 Å². The molecule has 0 unspecified atom stereocenters. The first-order chi connectivity index (χ1) is 13.5. The van der Waals surface area contributed by atoms with E-state index in [0.717, 1.165) is 25.0 Å². The highest BCUT2D eigenvalue weighted by Crippen LogP contribution is 2.22. The number of rotatable bonds is 8. The number of hydrogen-bond acceptors (Lipinski definition) is 3. The maximum Gasteiger partial charge on any atom is 0.223 e. The molecule has 2 aromatic rings. The number of benzene rings is 2. The Hall–Kier alpha value is -2.33. The molecule has 1 aliphatic heterocycles. The average molecular weight is 381 g/mol. The first-order valence-electron chi connectivity index (χ1n) is 10.2. The predicted molar refractivity (Wildman–Crippen MR) is 115 cm³/mol. The summed E-state index contributed by atoms with van der Waals surface area (Å²) in [6.45, 7) is 4.25. The van der Waals surface area contributed by atoms with Crippen molar-refractivity contribution in [1.29, 1.82) is 0 Å². The summed E-state index contributed by atoms with van der Waals surface area (Å²) in [5.74, 6) is 0.403. The van der Waals surface area contributed by atoms with Gasteiger partial charge in [-0.15, -0.1) is 0 Å². The van der Waals surface area contributed by atoms with E-state index in [1.165, 1.54) is 11.3 Å². The van der Waals surface area contributed by atoms with Crippen molar-refractivity contribution in [2.75, 3.05) is 32.1 Å². The molecular formula is C24H32N2O2. The summed E-state index contributed by atoms with van der Waals surface area (Å²) in [5, 5.41) is 0. The van der Waals surface area contributed by atoms with Crippen molar-refractivity contribution in [2.45, 2.75) is 44.8 Å². The third-order valence-corrected chi connectivity index (χ3v) is 5.48. The third-order valence-electron chi connectivity index (χ3n) is 5.48. The number of carbonyl (C=O) groups excluding carboxylic acids is 1. The van der Waals surface area contributed by atoms with Gasteiger partial charge in [-0.05, 0) is 42.0 Å². The Morgan fingerprint density at radius 3 is 2.43 bits per heavy atom. The number of ether oxygens (including phenoxy) is 1. The fraction of sp³-hybridized carbons (Fsp3) is 0.458. The van der Waals surface area contributed by atoms with Crippen molar-refractivity contribution in [1.82, 2.24) is 4.90 Å². The Morgan fingerprint density at radius 1 is 1.11 bits per heavy atom. The minimum absolute atomic E-state index is 0.164. The van der Waals surface area contributed by atoms with E-state index in [1.807, 2.05) is 37.2 Å². The first kappa shape index (κ1) is 20.4. The summed E-state index contributed by atoms with van der Waals surface area (Å²) in [6, 6.07) is 18.7. The number of anilines is 1. The van der Waals surface area contributed by atoms with Gasteiger partial charge in [0.25, 0.3) is 0 Å². The van der Waals surface area contributed by atoms with Gasteiger partial charge in [-0.25, -0.2) is 0 Å². The molecule has 150 valence electrons. The predicted octanol–water partition coefficient (Wildman–Crippen LogP) is 4.45. The highest BCUT2D eigenvalue weighted by Gasteiger charge is 2.24. The molecule has 1 aliphatic rings. The SMILES string of the molecule is C[C@@H](CC(=O)N(Cc1ccc(N(C)C)cc1)C[C@@H]1CCCO1)c1ccccc1. The number of hydrogen-bond donors (Lipinski definition) is 0. The standard InChI is InChI=1S/C24H32N2O2/c1-19(21-8-5-4-6-9-21)16-24(27)26(18-23-10-7-15-28-23)17-20-11-13-22(14-12-20)25(2)3/h4-6,8-9,11-14,19,23H,7,10,15-18H2,1-3H3/t19-,23-/m0/s1. The molecule has 0 spiro atoms.